The van der Waals surface area contributed by atoms with Crippen LogP contribution in [0.5, 0.6) is 5.75 Å². The number of ether oxygens (including phenoxy) is 1. The minimum absolute atomic E-state index is 0.201. The lowest BCUT2D eigenvalue weighted by molar-refractivity contribution is 0.0697. The summed E-state index contributed by atoms with van der Waals surface area (Å²) >= 11 is 0. The van der Waals surface area contributed by atoms with Gasteiger partial charge >= 0.3 is 5.97 Å². The fraction of sp³-hybridized carbons (Fsp3) is 0.0588. The molecule has 3 aromatic rings. The molecule has 2 aromatic carbocycles. The molecule has 0 aliphatic rings. The Morgan fingerprint density at radius 1 is 1.10 bits per heavy atom. The van der Waals surface area contributed by atoms with Crippen LogP contribution in [0.4, 0.5) is 0 Å². The van der Waals surface area contributed by atoms with Gasteiger partial charge in [-0.2, -0.15) is 0 Å². The van der Waals surface area contributed by atoms with Crippen LogP contribution in [0, 0.1) is 0 Å². The molecule has 0 aliphatic heterocycles. The molecule has 0 radical (unpaired) electrons. The quantitative estimate of drug-likeness (QED) is 0.795. The number of rotatable bonds is 3. The van der Waals surface area contributed by atoms with E-state index >= 15 is 0 Å². The first-order chi connectivity index (χ1) is 10.2. The van der Waals surface area contributed by atoms with Crippen LogP contribution in [0.1, 0.15) is 10.4 Å². The molecule has 0 aliphatic carbocycles. The van der Waals surface area contributed by atoms with E-state index in [1.165, 1.54) is 13.2 Å². The Morgan fingerprint density at radius 3 is 2.67 bits per heavy atom. The molecule has 0 atom stereocenters. The topological polar surface area (TPSA) is 59.4 Å². The van der Waals surface area contributed by atoms with Gasteiger partial charge in [0.25, 0.3) is 0 Å². The fourth-order valence-electron chi connectivity index (χ4n) is 2.38. The Labute approximate surface area is 121 Å². The summed E-state index contributed by atoms with van der Waals surface area (Å²) < 4.78 is 5.10. The van der Waals surface area contributed by atoms with Crippen molar-refractivity contribution in [1.82, 2.24) is 4.98 Å². The van der Waals surface area contributed by atoms with Crippen molar-refractivity contribution >= 4 is 16.9 Å². The predicted molar refractivity (Wildman–Crippen MR) is 80.7 cm³/mol. The summed E-state index contributed by atoms with van der Waals surface area (Å²) in [6.45, 7) is 0. The lowest BCUT2D eigenvalue weighted by Crippen LogP contribution is -2.01. The van der Waals surface area contributed by atoms with Crippen molar-refractivity contribution < 1.29 is 14.6 Å². The van der Waals surface area contributed by atoms with Gasteiger partial charge in [0, 0.05) is 17.1 Å². The van der Waals surface area contributed by atoms with Gasteiger partial charge in [0.15, 0.2) is 0 Å². The summed E-state index contributed by atoms with van der Waals surface area (Å²) in [5, 5.41) is 10.4. The van der Waals surface area contributed by atoms with Crippen LogP contribution in [0.3, 0.4) is 0 Å². The van der Waals surface area contributed by atoms with Crippen LogP contribution in [0.25, 0.3) is 22.0 Å². The number of carboxylic acid groups (broad SMARTS) is 1. The van der Waals surface area contributed by atoms with Gasteiger partial charge in [-0.3, -0.25) is 4.98 Å². The highest BCUT2D eigenvalue weighted by molar-refractivity contribution is 6.02. The number of hydrogen-bond acceptors (Lipinski definition) is 3. The monoisotopic (exact) mass is 279 g/mol. The van der Waals surface area contributed by atoms with Gasteiger partial charge in [0.05, 0.1) is 18.2 Å². The summed E-state index contributed by atoms with van der Waals surface area (Å²) in [6.07, 6.45) is 1.70. The SMILES string of the molecule is COc1ccc(-c2cccc3cccnc23)c(C(=O)O)c1. The minimum atomic E-state index is -0.989. The molecule has 4 heteroatoms. The summed E-state index contributed by atoms with van der Waals surface area (Å²) in [7, 11) is 1.51. The van der Waals surface area contributed by atoms with Crippen LogP contribution < -0.4 is 4.74 Å². The molecule has 0 bridgehead atoms. The number of aromatic carboxylic acids is 1. The predicted octanol–water partition coefficient (Wildman–Crippen LogP) is 3.61. The zero-order valence-electron chi connectivity index (χ0n) is 11.4. The van der Waals surface area contributed by atoms with Gasteiger partial charge in [-0.1, -0.05) is 24.3 Å². The molecule has 1 aromatic heterocycles. The molecule has 4 nitrogen and oxygen atoms in total. The zero-order valence-corrected chi connectivity index (χ0v) is 11.4. The van der Waals surface area contributed by atoms with Crippen molar-refractivity contribution in [2.45, 2.75) is 0 Å². The Balaban J connectivity index is 2.30. The van der Waals surface area contributed by atoms with E-state index in [9.17, 15) is 9.90 Å². The molecule has 21 heavy (non-hydrogen) atoms. The second-order valence-corrected chi connectivity index (χ2v) is 4.60. The first-order valence-electron chi connectivity index (χ1n) is 6.46. The fourth-order valence-corrected chi connectivity index (χ4v) is 2.38. The summed E-state index contributed by atoms with van der Waals surface area (Å²) in [5.41, 5.74) is 2.42. The molecule has 0 spiro atoms. The molecule has 1 heterocycles. The molecule has 1 N–H and O–H groups in total. The first kappa shape index (κ1) is 13.1. The first-order valence-corrected chi connectivity index (χ1v) is 6.46. The summed E-state index contributed by atoms with van der Waals surface area (Å²) in [5.74, 6) is -0.471. The summed E-state index contributed by atoms with van der Waals surface area (Å²) in [6, 6.07) is 14.6. The van der Waals surface area contributed by atoms with Gasteiger partial charge in [-0.05, 0) is 29.8 Å². The highest BCUT2D eigenvalue weighted by Crippen LogP contribution is 2.31. The van der Waals surface area contributed by atoms with Crippen LogP contribution in [-0.2, 0) is 0 Å². The molecule has 0 saturated carbocycles. The van der Waals surface area contributed by atoms with E-state index < -0.39 is 5.97 Å². The number of methoxy groups -OCH3 is 1. The standard InChI is InChI=1S/C17H13NO3/c1-21-12-7-8-13(15(10-12)17(19)20)14-6-2-4-11-5-3-9-18-16(11)14/h2-10H,1H3,(H,19,20). The van der Waals surface area contributed by atoms with E-state index in [1.807, 2.05) is 30.3 Å². The Morgan fingerprint density at radius 2 is 1.90 bits per heavy atom. The lowest BCUT2D eigenvalue weighted by Gasteiger charge is -2.10. The maximum Gasteiger partial charge on any atom is 0.336 e. The molecular formula is C17H13NO3. The Hall–Kier alpha value is -2.88. The zero-order chi connectivity index (χ0) is 14.8. The molecule has 3 rings (SSSR count). The van der Waals surface area contributed by atoms with Crippen LogP contribution >= 0.6 is 0 Å². The number of carbonyl (C=O) groups is 1. The molecule has 0 amide bonds. The van der Waals surface area contributed by atoms with Crippen molar-refractivity contribution in [3.63, 3.8) is 0 Å². The van der Waals surface area contributed by atoms with Crippen LogP contribution in [0.2, 0.25) is 0 Å². The number of aromatic nitrogens is 1. The van der Waals surface area contributed by atoms with Gasteiger partial charge in [-0.15, -0.1) is 0 Å². The van der Waals surface area contributed by atoms with E-state index in [4.69, 9.17) is 4.74 Å². The van der Waals surface area contributed by atoms with Gasteiger partial charge in [0.1, 0.15) is 5.75 Å². The number of pyridine rings is 1. The van der Waals surface area contributed by atoms with Crippen molar-refractivity contribution in [2.24, 2.45) is 0 Å². The molecular weight excluding hydrogens is 266 g/mol. The largest absolute Gasteiger partial charge is 0.497 e. The van der Waals surface area contributed by atoms with Gasteiger partial charge < -0.3 is 9.84 Å². The molecule has 0 saturated heterocycles. The van der Waals surface area contributed by atoms with Crippen molar-refractivity contribution in [1.29, 1.82) is 0 Å². The van der Waals surface area contributed by atoms with Crippen LogP contribution in [-0.4, -0.2) is 23.2 Å². The maximum absolute atomic E-state index is 11.5. The van der Waals surface area contributed by atoms with Gasteiger partial charge in [-0.25, -0.2) is 4.79 Å². The Kier molecular flexibility index (Phi) is 3.28. The Bertz CT molecular complexity index is 822. The third-order valence-corrected chi connectivity index (χ3v) is 3.38. The van der Waals surface area contributed by atoms with E-state index in [0.29, 0.717) is 11.3 Å². The summed E-state index contributed by atoms with van der Waals surface area (Å²) in [4.78, 5) is 15.9. The van der Waals surface area contributed by atoms with Crippen molar-refractivity contribution in [2.75, 3.05) is 7.11 Å². The van der Waals surface area contributed by atoms with E-state index in [-0.39, 0.29) is 5.56 Å². The smallest absolute Gasteiger partial charge is 0.336 e. The molecule has 0 fully saturated rings. The van der Waals surface area contributed by atoms with E-state index in [0.717, 1.165) is 16.5 Å². The number of benzene rings is 2. The van der Waals surface area contributed by atoms with Crippen LogP contribution in [0.15, 0.2) is 54.7 Å². The minimum Gasteiger partial charge on any atom is -0.497 e. The number of para-hydroxylation sites is 1. The van der Waals surface area contributed by atoms with E-state index in [1.54, 1.807) is 18.3 Å². The lowest BCUT2D eigenvalue weighted by atomic mass is 9.97. The average Bonchev–Trinajstić information content (AvgIpc) is 2.53. The van der Waals surface area contributed by atoms with Crippen molar-refractivity contribution in [3.05, 3.63) is 60.3 Å². The average molecular weight is 279 g/mol. The molecule has 104 valence electrons. The third kappa shape index (κ3) is 2.31. The highest BCUT2D eigenvalue weighted by Gasteiger charge is 2.15. The van der Waals surface area contributed by atoms with Gasteiger partial charge in [0.2, 0.25) is 0 Å². The number of hydrogen-bond donors (Lipinski definition) is 1. The highest BCUT2D eigenvalue weighted by atomic mass is 16.5. The second kappa shape index (κ2) is 5.25. The number of nitrogens with zero attached hydrogens (tertiary/aromatic N) is 1. The van der Waals surface area contributed by atoms with Crippen molar-refractivity contribution in [3.8, 4) is 16.9 Å². The van der Waals surface area contributed by atoms with E-state index in [2.05, 4.69) is 4.98 Å². The number of carboxylic acids is 1. The molecule has 0 unspecified atom stereocenters. The number of fused-ring (bicyclic) bond motifs is 1. The third-order valence-electron chi connectivity index (χ3n) is 3.38. The second-order valence-electron chi connectivity index (χ2n) is 4.60. The maximum atomic E-state index is 11.5. The normalized spacial score (nSPS) is 10.5.